The molecule has 0 aromatic carbocycles. The van der Waals surface area contributed by atoms with Crippen LogP contribution in [-0.2, 0) is 0 Å². The predicted octanol–water partition coefficient (Wildman–Crippen LogP) is 3.20. The molecule has 16 heavy (non-hydrogen) atoms. The second kappa shape index (κ2) is 9.00. The fourth-order valence-electron chi connectivity index (χ4n) is 1.75. The molecule has 0 aliphatic rings. The van der Waals surface area contributed by atoms with Gasteiger partial charge in [-0.2, -0.15) is 0 Å². The van der Waals surface area contributed by atoms with Gasteiger partial charge in [0.15, 0.2) is 0 Å². The van der Waals surface area contributed by atoms with Crippen molar-refractivity contribution in [1.29, 1.82) is 0 Å². The Balaban J connectivity index is 3.85. The second-order valence-corrected chi connectivity index (χ2v) is 5.90. The first-order valence-corrected chi connectivity index (χ1v) is 6.83. The highest BCUT2D eigenvalue weighted by Gasteiger charge is 2.10. The van der Waals surface area contributed by atoms with Crippen LogP contribution in [0.2, 0.25) is 0 Å². The average Bonchev–Trinajstić information content (AvgIpc) is 2.15. The summed E-state index contributed by atoms with van der Waals surface area (Å²) in [6, 6.07) is 0.583. The zero-order chi connectivity index (χ0) is 12.6. The SMILES string of the molecule is CC(C)CCC(CCC(C)C)NCC(C)O. The van der Waals surface area contributed by atoms with Gasteiger partial charge in [0.2, 0.25) is 0 Å². The molecule has 0 heterocycles. The van der Waals surface area contributed by atoms with E-state index < -0.39 is 0 Å². The molecule has 2 heteroatoms. The molecule has 2 N–H and O–H groups in total. The van der Waals surface area contributed by atoms with E-state index in [0.717, 1.165) is 18.4 Å². The summed E-state index contributed by atoms with van der Waals surface area (Å²) in [5.41, 5.74) is 0. The predicted molar refractivity (Wildman–Crippen MR) is 71.6 cm³/mol. The van der Waals surface area contributed by atoms with Crippen LogP contribution in [0, 0.1) is 11.8 Å². The molecule has 0 saturated carbocycles. The lowest BCUT2D eigenvalue weighted by atomic mass is 9.97. The van der Waals surface area contributed by atoms with Gasteiger partial charge in [-0.3, -0.25) is 0 Å². The number of nitrogens with one attached hydrogen (secondary N) is 1. The normalized spacial score (nSPS) is 14.1. The number of aliphatic hydroxyl groups is 1. The standard InChI is InChI=1S/C14H31NO/c1-11(2)6-8-14(9-7-12(3)4)15-10-13(5)16/h11-16H,6-10H2,1-5H3. The van der Waals surface area contributed by atoms with Gasteiger partial charge in [0, 0.05) is 12.6 Å². The molecule has 0 aliphatic carbocycles. The smallest absolute Gasteiger partial charge is 0.0636 e. The number of aliphatic hydroxyl groups excluding tert-OH is 1. The highest BCUT2D eigenvalue weighted by Crippen LogP contribution is 2.14. The highest BCUT2D eigenvalue weighted by molar-refractivity contribution is 4.70. The molecule has 0 spiro atoms. The molecule has 0 fully saturated rings. The Bertz CT molecular complexity index is 126. The molecule has 0 aliphatic heterocycles. The largest absolute Gasteiger partial charge is 0.392 e. The third-order valence-corrected chi connectivity index (χ3v) is 2.89. The average molecular weight is 229 g/mol. The quantitative estimate of drug-likeness (QED) is 0.636. The number of rotatable bonds is 9. The minimum absolute atomic E-state index is 0.236. The van der Waals surface area contributed by atoms with E-state index in [-0.39, 0.29) is 6.10 Å². The zero-order valence-corrected chi connectivity index (χ0v) is 11.8. The van der Waals surface area contributed by atoms with Gasteiger partial charge in [-0.25, -0.2) is 0 Å². The Morgan fingerprint density at radius 2 is 1.25 bits per heavy atom. The molecule has 0 radical (unpaired) electrons. The van der Waals surface area contributed by atoms with Gasteiger partial charge in [0.25, 0.3) is 0 Å². The zero-order valence-electron chi connectivity index (χ0n) is 11.8. The van der Waals surface area contributed by atoms with Crippen molar-refractivity contribution in [3.05, 3.63) is 0 Å². The van der Waals surface area contributed by atoms with Crippen LogP contribution < -0.4 is 5.32 Å². The summed E-state index contributed by atoms with van der Waals surface area (Å²) >= 11 is 0. The van der Waals surface area contributed by atoms with Crippen LogP contribution in [0.3, 0.4) is 0 Å². The van der Waals surface area contributed by atoms with E-state index in [1.807, 2.05) is 6.92 Å². The molecule has 2 nitrogen and oxygen atoms in total. The van der Waals surface area contributed by atoms with Gasteiger partial charge < -0.3 is 10.4 Å². The van der Waals surface area contributed by atoms with Gasteiger partial charge in [-0.15, -0.1) is 0 Å². The van der Waals surface area contributed by atoms with Gasteiger partial charge in [-0.1, -0.05) is 27.7 Å². The third-order valence-electron chi connectivity index (χ3n) is 2.89. The molecule has 0 aromatic rings. The van der Waals surface area contributed by atoms with E-state index in [4.69, 9.17) is 0 Å². The van der Waals surface area contributed by atoms with Crippen molar-refractivity contribution in [2.45, 2.75) is 72.4 Å². The highest BCUT2D eigenvalue weighted by atomic mass is 16.3. The van der Waals surface area contributed by atoms with Crippen LogP contribution in [0.25, 0.3) is 0 Å². The molecule has 1 atom stereocenters. The van der Waals surface area contributed by atoms with Gasteiger partial charge in [0.05, 0.1) is 6.10 Å². The van der Waals surface area contributed by atoms with Crippen LogP contribution >= 0.6 is 0 Å². The van der Waals surface area contributed by atoms with E-state index in [0.29, 0.717) is 6.04 Å². The molecule has 0 saturated heterocycles. The first-order chi connectivity index (χ1) is 7.41. The Morgan fingerprint density at radius 1 is 0.812 bits per heavy atom. The summed E-state index contributed by atoms with van der Waals surface area (Å²) in [7, 11) is 0. The molecule has 0 bridgehead atoms. The van der Waals surface area contributed by atoms with E-state index in [2.05, 4.69) is 33.0 Å². The minimum atomic E-state index is -0.236. The Kier molecular flexibility index (Phi) is 8.96. The third kappa shape index (κ3) is 10.4. The van der Waals surface area contributed by atoms with Crippen molar-refractivity contribution >= 4 is 0 Å². The Hall–Kier alpha value is -0.0800. The number of hydrogen-bond donors (Lipinski definition) is 2. The molecule has 0 aromatic heterocycles. The van der Waals surface area contributed by atoms with Crippen LogP contribution in [0.5, 0.6) is 0 Å². The van der Waals surface area contributed by atoms with Crippen molar-refractivity contribution in [2.75, 3.05) is 6.54 Å². The molecular weight excluding hydrogens is 198 g/mol. The van der Waals surface area contributed by atoms with Crippen molar-refractivity contribution in [1.82, 2.24) is 5.32 Å². The van der Waals surface area contributed by atoms with Crippen LogP contribution in [0.15, 0.2) is 0 Å². The summed E-state index contributed by atoms with van der Waals surface area (Å²) in [6.07, 6.45) is 4.78. The van der Waals surface area contributed by atoms with Crippen molar-refractivity contribution < 1.29 is 5.11 Å². The molecule has 0 amide bonds. The van der Waals surface area contributed by atoms with Gasteiger partial charge in [-0.05, 0) is 44.4 Å². The van der Waals surface area contributed by atoms with Crippen molar-refractivity contribution in [2.24, 2.45) is 11.8 Å². The second-order valence-electron chi connectivity index (χ2n) is 5.90. The van der Waals surface area contributed by atoms with Crippen LogP contribution in [0.1, 0.15) is 60.3 Å². The minimum Gasteiger partial charge on any atom is -0.392 e. The lowest BCUT2D eigenvalue weighted by molar-refractivity contribution is 0.182. The molecular formula is C14H31NO. The maximum atomic E-state index is 9.29. The Labute approximate surface area is 102 Å². The van der Waals surface area contributed by atoms with E-state index >= 15 is 0 Å². The maximum Gasteiger partial charge on any atom is 0.0636 e. The molecule has 0 rings (SSSR count). The monoisotopic (exact) mass is 229 g/mol. The topological polar surface area (TPSA) is 32.3 Å². The maximum absolute atomic E-state index is 9.29. The lowest BCUT2D eigenvalue weighted by Crippen LogP contribution is -2.35. The summed E-state index contributed by atoms with van der Waals surface area (Å²) in [5, 5.41) is 12.8. The first-order valence-electron chi connectivity index (χ1n) is 6.83. The van der Waals surface area contributed by atoms with E-state index in [1.165, 1.54) is 25.7 Å². The molecule has 1 unspecified atom stereocenters. The van der Waals surface area contributed by atoms with Crippen LogP contribution in [-0.4, -0.2) is 23.8 Å². The van der Waals surface area contributed by atoms with Crippen LogP contribution in [0.4, 0.5) is 0 Å². The lowest BCUT2D eigenvalue weighted by Gasteiger charge is -2.21. The van der Waals surface area contributed by atoms with Crippen molar-refractivity contribution in [3.8, 4) is 0 Å². The van der Waals surface area contributed by atoms with Crippen molar-refractivity contribution in [3.63, 3.8) is 0 Å². The number of hydrogen-bond acceptors (Lipinski definition) is 2. The first kappa shape index (κ1) is 15.9. The van der Waals surface area contributed by atoms with Gasteiger partial charge >= 0.3 is 0 Å². The Morgan fingerprint density at radius 3 is 1.56 bits per heavy atom. The summed E-state index contributed by atoms with van der Waals surface area (Å²) in [6.45, 7) is 11.7. The summed E-state index contributed by atoms with van der Waals surface area (Å²) in [5.74, 6) is 1.55. The van der Waals surface area contributed by atoms with E-state index in [1.54, 1.807) is 0 Å². The molecule has 98 valence electrons. The summed E-state index contributed by atoms with van der Waals surface area (Å²) < 4.78 is 0. The fraction of sp³-hybridized carbons (Fsp3) is 1.00. The fourth-order valence-corrected chi connectivity index (χ4v) is 1.75. The summed E-state index contributed by atoms with van der Waals surface area (Å²) in [4.78, 5) is 0. The van der Waals surface area contributed by atoms with E-state index in [9.17, 15) is 5.11 Å². The van der Waals surface area contributed by atoms with Gasteiger partial charge in [0.1, 0.15) is 0 Å².